The van der Waals surface area contributed by atoms with E-state index in [4.69, 9.17) is 14.4 Å². The quantitative estimate of drug-likeness (QED) is 0.892. The zero-order valence-electron chi connectivity index (χ0n) is 10.3. The van der Waals surface area contributed by atoms with Gasteiger partial charge in [-0.3, -0.25) is 4.79 Å². The van der Waals surface area contributed by atoms with E-state index in [1.807, 2.05) is 0 Å². The summed E-state index contributed by atoms with van der Waals surface area (Å²) in [5.41, 5.74) is 0. The normalized spacial score (nSPS) is 23.6. The summed E-state index contributed by atoms with van der Waals surface area (Å²) < 4.78 is 10.7. The van der Waals surface area contributed by atoms with E-state index >= 15 is 0 Å². The van der Waals surface area contributed by atoms with Crippen LogP contribution in [-0.2, 0) is 9.53 Å². The largest absolute Gasteiger partial charge is 0.481 e. The Morgan fingerprint density at radius 1 is 1.56 bits per heavy atom. The molecule has 1 aliphatic heterocycles. The molecule has 0 radical (unpaired) electrons. The molecule has 1 aliphatic rings. The SMILES string of the molecule is CC(C(=O)O)C(C)c1nc(C2CSCCO2)no1. The minimum atomic E-state index is -0.869. The third-order valence-electron chi connectivity index (χ3n) is 3.09. The lowest BCUT2D eigenvalue weighted by molar-refractivity contribution is -0.141. The monoisotopic (exact) mass is 272 g/mol. The van der Waals surface area contributed by atoms with Gasteiger partial charge in [0.2, 0.25) is 11.7 Å². The number of hydrogen-bond acceptors (Lipinski definition) is 6. The Morgan fingerprint density at radius 2 is 2.33 bits per heavy atom. The highest BCUT2D eigenvalue weighted by atomic mass is 32.2. The van der Waals surface area contributed by atoms with Crippen LogP contribution in [0.1, 0.15) is 37.6 Å². The Balaban J connectivity index is 2.07. The number of carbonyl (C=O) groups is 1. The molecule has 3 atom stereocenters. The average Bonchev–Trinajstić information content (AvgIpc) is 2.87. The molecule has 0 bridgehead atoms. The first-order valence-corrected chi connectivity index (χ1v) is 7.00. The van der Waals surface area contributed by atoms with Crippen LogP contribution in [0.5, 0.6) is 0 Å². The van der Waals surface area contributed by atoms with Gasteiger partial charge in [0.15, 0.2) is 0 Å². The van der Waals surface area contributed by atoms with Gasteiger partial charge >= 0.3 is 5.97 Å². The molecule has 2 rings (SSSR count). The fourth-order valence-electron chi connectivity index (χ4n) is 1.63. The zero-order chi connectivity index (χ0) is 13.1. The second kappa shape index (κ2) is 5.71. The van der Waals surface area contributed by atoms with Gasteiger partial charge in [-0.2, -0.15) is 16.7 Å². The van der Waals surface area contributed by atoms with Gasteiger partial charge in [-0.1, -0.05) is 19.0 Å². The Morgan fingerprint density at radius 3 is 2.94 bits per heavy atom. The molecule has 1 aromatic rings. The third-order valence-corrected chi connectivity index (χ3v) is 4.08. The van der Waals surface area contributed by atoms with E-state index in [1.165, 1.54) is 0 Å². The van der Waals surface area contributed by atoms with Crippen molar-refractivity contribution < 1.29 is 19.2 Å². The molecule has 6 nitrogen and oxygen atoms in total. The van der Waals surface area contributed by atoms with Crippen LogP contribution in [0.4, 0.5) is 0 Å². The van der Waals surface area contributed by atoms with Gasteiger partial charge < -0.3 is 14.4 Å². The summed E-state index contributed by atoms with van der Waals surface area (Å²) in [5.74, 6) is 0.933. The molecule has 1 saturated heterocycles. The highest BCUT2D eigenvalue weighted by molar-refractivity contribution is 7.99. The van der Waals surface area contributed by atoms with Crippen LogP contribution < -0.4 is 0 Å². The molecule has 18 heavy (non-hydrogen) atoms. The molecule has 0 spiro atoms. The van der Waals surface area contributed by atoms with Crippen molar-refractivity contribution in [3.05, 3.63) is 11.7 Å². The summed E-state index contributed by atoms with van der Waals surface area (Å²) in [7, 11) is 0. The minimum Gasteiger partial charge on any atom is -0.481 e. The van der Waals surface area contributed by atoms with Crippen molar-refractivity contribution in [2.45, 2.75) is 25.9 Å². The molecule has 7 heteroatoms. The van der Waals surface area contributed by atoms with Crippen molar-refractivity contribution in [2.75, 3.05) is 18.1 Å². The number of ether oxygens (including phenoxy) is 1. The molecule has 100 valence electrons. The first-order valence-electron chi connectivity index (χ1n) is 5.85. The highest BCUT2D eigenvalue weighted by Gasteiger charge is 2.28. The van der Waals surface area contributed by atoms with E-state index < -0.39 is 11.9 Å². The predicted octanol–water partition coefficient (Wildman–Crippen LogP) is 1.70. The van der Waals surface area contributed by atoms with Crippen LogP contribution in [0.25, 0.3) is 0 Å². The van der Waals surface area contributed by atoms with Gasteiger partial charge in [-0.25, -0.2) is 0 Å². The third kappa shape index (κ3) is 2.84. The molecular weight excluding hydrogens is 256 g/mol. The number of rotatable bonds is 4. The molecule has 1 fully saturated rings. The number of nitrogens with zero attached hydrogens (tertiary/aromatic N) is 2. The lowest BCUT2D eigenvalue weighted by Crippen LogP contribution is -2.18. The number of aromatic nitrogens is 2. The molecule has 0 aliphatic carbocycles. The van der Waals surface area contributed by atoms with E-state index in [2.05, 4.69) is 10.1 Å². The molecule has 2 heterocycles. The zero-order valence-corrected chi connectivity index (χ0v) is 11.1. The number of carboxylic acid groups (broad SMARTS) is 1. The summed E-state index contributed by atoms with van der Waals surface area (Å²) in [6, 6.07) is 0. The smallest absolute Gasteiger partial charge is 0.307 e. The summed E-state index contributed by atoms with van der Waals surface area (Å²) in [5, 5.41) is 12.8. The van der Waals surface area contributed by atoms with Crippen molar-refractivity contribution in [3.8, 4) is 0 Å². The summed E-state index contributed by atoms with van der Waals surface area (Å²) in [6.45, 7) is 4.08. The van der Waals surface area contributed by atoms with Crippen LogP contribution in [0.3, 0.4) is 0 Å². The number of thioether (sulfide) groups is 1. The van der Waals surface area contributed by atoms with E-state index in [0.717, 1.165) is 11.5 Å². The van der Waals surface area contributed by atoms with Crippen LogP contribution in [-0.4, -0.2) is 39.3 Å². The fourth-order valence-corrected chi connectivity index (χ4v) is 2.47. The van der Waals surface area contributed by atoms with Gasteiger partial charge in [0, 0.05) is 17.4 Å². The van der Waals surface area contributed by atoms with Gasteiger partial charge in [-0.15, -0.1) is 0 Å². The van der Waals surface area contributed by atoms with Crippen LogP contribution in [0.15, 0.2) is 4.52 Å². The maximum atomic E-state index is 10.9. The van der Waals surface area contributed by atoms with Crippen LogP contribution in [0, 0.1) is 5.92 Å². The average molecular weight is 272 g/mol. The van der Waals surface area contributed by atoms with E-state index in [1.54, 1.807) is 25.6 Å². The maximum absolute atomic E-state index is 10.9. The molecule has 3 unspecified atom stereocenters. The number of carboxylic acids is 1. The van der Waals surface area contributed by atoms with Crippen molar-refractivity contribution in [1.29, 1.82) is 0 Å². The van der Waals surface area contributed by atoms with E-state index in [0.29, 0.717) is 18.3 Å². The number of aliphatic carboxylic acids is 1. The van der Waals surface area contributed by atoms with Gasteiger partial charge in [-0.05, 0) is 0 Å². The highest BCUT2D eigenvalue weighted by Crippen LogP contribution is 2.27. The molecule has 1 N–H and O–H groups in total. The summed E-state index contributed by atoms with van der Waals surface area (Å²) in [6.07, 6.45) is -0.145. The minimum absolute atomic E-state index is 0.145. The molecular formula is C11H16N2O4S. The van der Waals surface area contributed by atoms with Crippen LogP contribution in [0.2, 0.25) is 0 Å². The first kappa shape index (κ1) is 13.4. The predicted molar refractivity (Wildman–Crippen MR) is 65.5 cm³/mol. The second-order valence-corrected chi connectivity index (χ2v) is 5.49. The Labute approximate surface area is 109 Å². The molecule has 0 aromatic carbocycles. The Kier molecular flexibility index (Phi) is 4.23. The Hall–Kier alpha value is -1.08. The number of hydrogen-bond donors (Lipinski definition) is 1. The van der Waals surface area contributed by atoms with Gasteiger partial charge in [0.05, 0.1) is 12.5 Å². The molecule has 0 saturated carbocycles. The van der Waals surface area contributed by atoms with E-state index in [-0.39, 0.29) is 12.0 Å². The lowest BCUT2D eigenvalue weighted by atomic mass is 9.96. The van der Waals surface area contributed by atoms with Gasteiger partial charge in [0.25, 0.3) is 0 Å². The van der Waals surface area contributed by atoms with Crippen molar-refractivity contribution >= 4 is 17.7 Å². The van der Waals surface area contributed by atoms with Gasteiger partial charge in [0.1, 0.15) is 6.10 Å². The summed E-state index contributed by atoms with van der Waals surface area (Å²) >= 11 is 1.79. The first-order chi connectivity index (χ1) is 8.59. The Bertz CT molecular complexity index is 417. The van der Waals surface area contributed by atoms with Crippen molar-refractivity contribution in [2.24, 2.45) is 5.92 Å². The second-order valence-electron chi connectivity index (χ2n) is 4.34. The fraction of sp³-hybridized carbons (Fsp3) is 0.727. The molecule has 1 aromatic heterocycles. The maximum Gasteiger partial charge on any atom is 0.307 e. The van der Waals surface area contributed by atoms with Crippen molar-refractivity contribution in [1.82, 2.24) is 10.1 Å². The summed E-state index contributed by atoms with van der Waals surface area (Å²) in [4.78, 5) is 15.2. The molecule has 0 amide bonds. The standard InChI is InChI=1S/C11H16N2O4S/c1-6(7(2)11(14)15)10-12-9(13-17-10)8-5-18-4-3-16-8/h6-8H,3-5H2,1-2H3,(H,14,15). The lowest BCUT2D eigenvalue weighted by Gasteiger charge is -2.18. The van der Waals surface area contributed by atoms with Crippen LogP contribution >= 0.6 is 11.8 Å². The topological polar surface area (TPSA) is 85.5 Å². The van der Waals surface area contributed by atoms with Crippen molar-refractivity contribution in [3.63, 3.8) is 0 Å². The van der Waals surface area contributed by atoms with E-state index in [9.17, 15) is 4.79 Å².